The standard InChI is InChI=1S/C20H23NO4/c1-23-17-4-6-18(24-2)15(13-17)7-9-21-20(22)12-14-3-5-19-16(11-14)8-10-25-19/h3-6,11,13H,7-10,12H2,1-2H3,(H,21,22). The predicted molar refractivity (Wildman–Crippen MR) is 95.6 cm³/mol. The molecule has 1 N–H and O–H groups in total. The maximum absolute atomic E-state index is 12.2. The predicted octanol–water partition coefficient (Wildman–Crippen LogP) is 2.54. The summed E-state index contributed by atoms with van der Waals surface area (Å²) in [5.41, 5.74) is 3.21. The van der Waals surface area contributed by atoms with Gasteiger partial charge in [-0.15, -0.1) is 0 Å². The molecule has 0 aliphatic carbocycles. The first-order valence-electron chi connectivity index (χ1n) is 8.42. The molecule has 0 aromatic heterocycles. The largest absolute Gasteiger partial charge is 0.497 e. The van der Waals surface area contributed by atoms with Gasteiger partial charge >= 0.3 is 0 Å². The Labute approximate surface area is 147 Å². The van der Waals surface area contributed by atoms with Crippen molar-refractivity contribution in [2.24, 2.45) is 0 Å². The zero-order chi connectivity index (χ0) is 17.6. The molecule has 1 aliphatic rings. The quantitative estimate of drug-likeness (QED) is 0.841. The lowest BCUT2D eigenvalue weighted by molar-refractivity contribution is -0.120. The summed E-state index contributed by atoms with van der Waals surface area (Å²) in [6.07, 6.45) is 1.98. The van der Waals surface area contributed by atoms with Gasteiger partial charge in [0.2, 0.25) is 5.91 Å². The van der Waals surface area contributed by atoms with Crippen LogP contribution in [0.25, 0.3) is 0 Å². The number of hydrogen-bond acceptors (Lipinski definition) is 4. The number of nitrogens with one attached hydrogen (secondary N) is 1. The van der Waals surface area contributed by atoms with Gasteiger partial charge in [-0.25, -0.2) is 0 Å². The van der Waals surface area contributed by atoms with E-state index in [0.29, 0.717) is 19.4 Å². The summed E-state index contributed by atoms with van der Waals surface area (Å²) < 4.78 is 16.1. The molecule has 3 rings (SSSR count). The van der Waals surface area contributed by atoms with Gasteiger partial charge in [0.1, 0.15) is 17.2 Å². The molecule has 0 saturated heterocycles. The topological polar surface area (TPSA) is 56.8 Å². The summed E-state index contributed by atoms with van der Waals surface area (Å²) in [7, 11) is 3.27. The fraction of sp³-hybridized carbons (Fsp3) is 0.350. The molecule has 1 heterocycles. The van der Waals surface area contributed by atoms with Gasteiger partial charge in [0.15, 0.2) is 0 Å². The molecular formula is C20H23NO4. The van der Waals surface area contributed by atoms with Gasteiger partial charge in [-0.1, -0.05) is 12.1 Å². The highest BCUT2D eigenvalue weighted by Gasteiger charge is 2.13. The minimum absolute atomic E-state index is 0.0146. The molecule has 0 saturated carbocycles. The Hall–Kier alpha value is -2.69. The highest BCUT2D eigenvalue weighted by atomic mass is 16.5. The average molecular weight is 341 g/mol. The molecule has 132 valence electrons. The number of hydrogen-bond donors (Lipinski definition) is 1. The van der Waals surface area contributed by atoms with Crippen LogP contribution in [0.3, 0.4) is 0 Å². The van der Waals surface area contributed by atoms with Crippen LogP contribution in [-0.4, -0.2) is 33.3 Å². The van der Waals surface area contributed by atoms with Crippen molar-refractivity contribution in [3.05, 3.63) is 53.1 Å². The molecule has 0 bridgehead atoms. The minimum atomic E-state index is 0.0146. The molecule has 5 nitrogen and oxygen atoms in total. The lowest BCUT2D eigenvalue weighted by Crippen LogP contribution is -2.27. The van der Waals surface area contributed by atoms with Crippen molar-refractivity contribution in [3.63, 3.8) is 0 Å². The van der Waals surface area contributed by atoms with Gasteiger partial charge in [-0.3, -0.25) is 4.79 Å². The van der Waals surface area contributed by atoms with E-state index in [0.717, 1.165) is 41.4 Å². The van der Waals surface area contributed by atoms with E-state index in [4.69, 9.17) is 14.2 Å². The van der Waals surface area contributed by atoms with Crippen molar-refractivity contribution in [3.8, 4) is 17.2 Å². The molecule has 5 heteroatoms. The lowest BCUT2D eigenvalue weighted by Gasteiger charge is -2.11. The molecule has 0 fully saturated rings. The summed E-state index contributed by atoms with van der Waals surface area (Å²) in [4.78, 5) is 12.2. The highest BCUT2D eigenvalue weighted by molar-refractivity contribution is 5.78. The molecule has 0 atom stereocenters. The fourth-order valence-electron chi connectivity index (χ4n) is 3.01. The minimum Gasteiger partial charge on any atom is -0.497 e. The summed E-state index contributed by atoms with van der Waals surface area (Å²) in [5, 5.41) is 2.97. The Morgan fingerprint density at radius 1 is 1.16 bits per heavy atom. The first-order valence-corrected chi connectivity index (χ1v) is 8.42. The number of methoxy groups -OCH3 is 2. The Morgan fingerprint density at radius 2 is 2.04 bits per heavy atom. The van der Waals surface area contributed by atoms with E-state index >= 15 is 0 Å². The molecule has 0 unspecified atom stereocenters. The van der Waals surface area contributed by atoms with Crippen LogP contribution in [0.4, 0.5) is 0 Å². The molecule has 2 aromatic rings. The first-order chi connectivity index (χ1) is 12.2. The number of benzene rings is 2. The van der Waals surface area contributed by atoms with Crippen LogP contribution in [-0.2, 0) is 24.1 Å². The molecule has 2 aromatic carbocycles. The SMILES string of the molecule is COc1ccc(OC)c(CCNC(=O)Cc2ccc3c(c2)CCO3)c1. The highest BCUT2D eigenvalue weighted by Crippen LogP contribution is 2.26. The van der Waals surface area contributed by atoms with Crippen molar-refractivity contribution in [1.29, 1.82) is 0 Å². The van der Waals surface area contributed by atoms with E-state index in [1.54, 1.807) is 14.2 Å². The zero-order valence-electron chi connectivity index (χ0n) is 14.6. The summed E-state index contributed by atoms with van der Waals surface area (Å²) in [6.45, 7) is 1.28. The molecule has 1 aliphatic heterocycles. The van der Waals surface area contributed by atoms with Crippen molar-refractivity contribution in [2.45, 2.75) is 19.3 Å². The van der Waals surface area contributed by atoms with Crippen LogP contribution in [0, 0.1) is 0 Å². The van der Waals surface area contributed by atoms with E-state index < -0.39 is 0 Å². The van der Waals surface area contributed by atoms with E-state index in [9.17, 15) is 4.79 Å². The van der Waals surface area contributed by atoms with E-state index in [1.807, 2.05) is 30.3 Å². The van der Waals surface area contributed by atoms with Gasteiger partial charge in [0.25, 0.3) is 0 Å². The third-order valence-corrected chi connectivity index (χ3v) is 4.32. The van der Waals surface area contributed by atoms with Crippen LogP contribution in [0.1, 0.15) is 16.7 Å². The number of fused-ring (bicyclic) bond motifs is 1. The van der Waals surface area contributed by atoms with Crippen LogP contribution < -0.4 is 19.5 Å². The van der Waals surface area contributed by atoms with E-state index in [2.05, 4.69) is 11.4 Å². The van der Waals surface area contributed by atoms with Gasteiger partial charge in [-0.2, -0.15) is 0 Å². The first kappa shape index (κ1) is 17.1. The van der Waals surface area contributed by atoms with Crippen molar-refractivity contribution < 1.29 is 19.0 Å². The van der Waals surface area contributed by atoms with Gasteiger partial charge in [0, 0.05) is 13.0 Å². The second-order valence-electron chi connectivity index (χ2n) is 6.00. The Balaban J connectivity index is 1.53. The van der Waals surface area contributed by atoms with Gasteiger partial charge < -0.3 is 19.5 Å². The average Bonchev–Trinajstić information content (AvgIpc) is 3.09. The van der Waals surface area contributed by atoms with E-state index in [1.165, 1.54) is 5.56 Å². The number of ether oxygens (including phenoxy) is 3. The molecule has 25 heavy (non-hydrogen) atoms. The smallest absolute Gasteiger partial charge is 0.224 e. The summed E-state index contributed by atoms with van der Waals surface area (Å²) >= 11 is 0. The molecule has 0 radical (unpaired) electrons. The fourth-order valence-corrected chi connectivity index (χ4v) is 3.01. The summed E-state index contributed by atoms with van der Waals surface area (Å²) in [6, 6.07) is 11.6. The molecule has 0 spiro atoms. The van der Waals surface area contributed by atoms with Gasteiger partial charge in [-0.05, 0) is 47.4 Å². The number of amides is 1. The van der Waals surface area contributed by atoms with Gasteiger partial charge in [0.05, 0.1) is 27.2 Å². The van der Waals surface area contributed by atoms with Crippen LogP contribution >= 0.6 is 0 Å². The Kier molecular flexibility index (Phi) is 5.43. The second kappa shape index (κ2) is 7.92. The number of rotatable bonds is 7. The second-order valence-corrected chi connectivity index (χ2v) is 6.00. The Bertz CT molecular complexity index is 757. The Morgan fingerprint density at radius 3 is 2.84 bits per heavy atom. The van der Waals surface area contributed by atoms with Crippen LogP contribution in [0.5, 0.6) is 17.2 Å². The third kappa shape index (κ3) is 4.24. The van der Waals surface area contributed by atoms with Crippen LogP contribution in [0.2, 0.25) is 0 Å². The van der Waals surface area contributed by atoms with Crippen LogP contribution in [0.15, 0.2) is 36.4 Å². The molecule has 1 amide bonds. The maximum atomic E-state index is 12.2. The zero-order valence-corrected chi connectivity index (χ0v) is 14.6. The third-order valence-electron chi connectivity index (χ3n) is 4.32. The van der Waals surface area contributed by atoms with Crippen molar-refractivity contribution in [2.75, 3.05) is 27.4 Å². The normalized spacial score (nSPS) is 12.2. The number of carbonyl (C=O) groups is 1. The van der Waals surface area contributed by atoms with Crippen molar-refractivity contribution >= 4 is 5.91 Å². The van der Waals surface area contributed by atoms with E-state index in [-0.39, 0.29) is 5.91 Å². The number of carbonyl (C=O) groups excluding carboxylic acids is 1. The van der Waals surface area contributed by atoms with Crippen molar-refractivity contribution in [1.82, 2.24) is 5.32 Å². The monoisotopic (exact) mass is 341 g/mol. The lowest BCUT2D eigenvalue weighted by atomic mass is 10.1. The molecular weight excluding hydrogens is 318 g/mol. The maximum Gasteiger partial charge on any atom is 0.224 e. The summed E-state index contributed by atoms with van der Waals surface area (Å²) in [5.74, 6) is 2.53.